The third kappa shape index (κ3) is 1.78. The number of rotatable bonds is 0. The first-order valence-corrected chi connectivity index (χ1v) is 8.69. The van der Waals surface area contributed by atoms with Crippen molar-refractivity contribution < 1.29 is 10.2 Å². The van der Waals surface area contributed by atoms with E-state index in [1.54, 1.807) is 0 Å². The summed E-state index contributed by atoms with van der Waals surface area (Å²) in [5, 5.41) is 20.3. The van der Waals surface area contributed by atoms with Crippen molar-refractivity contribution in [3.05, 3.63) is 24.3 Å². The largest absolute Gasteiger partial charge is 0.389 e. The maximum absolute atomic E-state index is 10.4. The first kappa shape index (κ1) is 14.0. The van der Waals surface area contributed by atoms with Crippen LogP contribution in [0.1, 0.15) is 46.0 Å². The summed E-state index contributed by atoms with van der Waals surface area (Å²) >= 11 is 0. The van der Waals surface area contributed by atoms with Crippen molar-refractivity contribution in [2.75, 3.05) is 0 Å². The molecule has 0 aliphatic heterocycles. The maximum Gasteiger partial charge on any atom is 0.0780 e. The lowest BCUT2D eigenvalue weighted by molar-refractivity contribution is -0.0920. The van der Waals surface area contributed by atoms with E-state index in [1.165, 1.54) is 19.3 Å². The van der Waals surface area contributed by atoms with Gasteiger partial charge in [-0.3, -0.25) is 0 Å². The van der Waals surface area contributed by atoms with Crippen molar-refractivity contribution >= 4 is 0 Å². The summed E-state index contributed by atoms with van der Waals surface area (Å²) in [6.45, 7) is 4.71. The molecule has 116 valence electrons. The van der Waals surface area contributed by atoms with E-state index in [0.29, 0.717) is 23.7 Å². The highest BCUT2D eigenvalue weighted by Crippen LogP contribution is 2.63. The van der Waals surface area contributed by atoms with E-state index >= 15 is 0 Å². The molecule has 8 atom stereocenters. The van der Waals surface area contributed by atoms with Crippen LogP contribution >= 0.6 is 0 Å². The Morgan fingerprint density at radius 1 is 1.00 bits per heavy atom. The number of aliphatic hydroxyl groups is 2. The minimum atomic E-state index is -0.252. The van der Waals surface area contributed by atoms with Crippen LogP contribution in [-0.2, 0) is 0 Å². The number of allylic oxidation sites excluding steroid dienone is 2. The molecule has 4 rings (SSSR count). The molecular weight excluding hydrogens is 260 g/mol. The quantitative estimate of drug-likeness (QED) is 0.671. The van der Waals surface area contributed by atoms with E-state index in [1.807, 2.05) is 12.2 Å². The van der Waals surface area contributed by atoms with Crippen LogP contribution < -0.4 is 0 Å². The van der Waals surface area contributed by atoms with Gasteiger partial charge in [-0.25, -0.2) is 0 Å². The monoisotopic (exact) mass is 288 g/mol. The maximum atomic E-state index is 10.4. The zero-order chi connectivity index (χ0) is 14.8. The second-order valence-electron chi connectivity index (χ2n) is 8.47. The standard InChI is InChI=1S/C19H28O2/c1-18-9-7-13(20)11-12(18)3-4-14-15-5-6-17(21)19(15,2)10-8-16(14)18/h5-7,9,12-17,20-21H,3-4,8,10-11H2,1-2H3/t12?,13-,14-,15-,16-,17-,18-,19-/m0/s1. The van der Waals surface area contributed by atoms with Gasteiger partial charge in [0, 0.05) is 5.41 Å². The van der Waals surface area contributed by atoms with Crippen molar-refractivity contribution in [1.82, 2.24) is 0 Å². The molecular formula is C19H28O2. The molecule has 2 N–H and O–H groups in total. The topological polar surface area (TPSA) is 40.5 Å². The van der Waals surface area contributed by atoms with Gasteiger partial charge in [-0.1, -0.05) is 38.2 Å². The molecule has 0 radical (unpaired) electrons. The molecule has 2 saturated carbocycles. The normalized spacial score (nSPS) is 58.5. The van der Waals surface area contributed by atoms with Crippen LogP contribution in [0.2, 0.25) is 0 Å². The van der Waals surface area contributed by atoms with Crippen molar-refractivity contribution in [3.8, 4) is 0 Å². The molecule has 2 fully saturated rings. The number of hydrogen-bond acceptors (Lipinski definition) is 2. The Hall–Kier alpha value is -0.600. The van der Waals surface area contributed by atoms with Crippen LogP contribution in [-0.4, -0.2) is 22.4 Å². The molecule has 0 aromatic carbocycles. The third-order valence-electron chi connectivity index (χ3n) is 7.64. The number of aliphatic hydroxyl groups excluding tert-OH is 2. The first-order chi connectivity index (χ1) is 9.95. The van der Waals surface area contributed by atoms with Gasteiger partial charge in [0.2, 0.25) is 0 Å². The first-order valence-electron chi connectivity index (χ1n) is 8.69. The molecule has 2 nitrogen and oxygen atoms in total. The summed E-state index contributed by atoms with van der Waals surface area (Å²) in [7, 11) is 0. The van der Waals surface area contributed by atoms with Gasteiger partial charge in [-0.05, 0) is 61.2 Å². The Labute approximate surface area is 127 Å². The van der Waals surface area contributed by atoms with Crippen LogP contribution in [0.3, 0.4) is 0 Å². The average molecular weight is 288 g/mol. The molecule has 0 saturated heterocycles. The van der Waals surface area contributed by atoms with Gasteiger partial charge in [0.25, 0.3) is 0 Å². The van der Waals surface area contributed by atoms with Gasteiger partial charge in [0.05, 0.1) is 12.2 Å². The van der Waals surface area contributed by atoms with E-state index in [0.717, 1.165) is 12.8 Å². The van der Waals surface area contributed by atoms with Crippen LogP contribution in [0.25, 0.3) is 0 Å². The predicted octanol–water partition coefficient (Wildman–Crippen LogP) is 3.30. The second kappa shape index (κ2) is 4.45. The molecule has 2 heteroatoms. The molecule has 4 aliphatic carbocycles. The van der Waals surface area contributed by atoms with Gasteiger partial charge < -0.3 is 10.2 Å². The lowest BCUT2D eigenvalue weighted by atomic mass is 9.46. The summed E-state index contributed by atoms with van der Waals surface area (Å²) in [4.78, 5) is 0. The van der Waals surface area contributed by atoms with Gasteiger partial charge in [-0.2, -0.15) is 0 Å². The fourth-order valence-corrected chi connectivity index (χ4v) is 6.22. The van der Waals surface area contributed by atoms with Crippen LogP contribution in [0.15, 0.2) is 24.3 Å². The van der Waals surface area contributed by atoms with E-state index in [2.05, 4.69) is 26.0 Å². The summed E-state index contributed by atoms with van der Waals surface area (Å²) in [6, 6.07) is 0. The van der Waals surface area contributed by atoms with Gasteiger partial charge >= 0.3 is 0 Å². The Morgan fingerprint density at radius 2 is 1.81 bits per heavy atom. The zero-order valence-corrected chi connectivity index (χ0v) is 13.2. The van der Waals surface area contributed by atoms with Crippen molar-refractivity contribution in [2.24, 2.45) is 34.5 Å². The summed E-state index contributed by atoms with van der Waals surface area (Å²) in [5.74, 6) is 2.61. The Kier molecular flexibility index (Phi) is 2.97. The summed E-state index contributed by atoms with van der Waals surface area (Å²) in [5.41, 5.74) is 0.327. The van der Waals surface area contributed by atoms with Crippen LogP contribution in [0, 0.1) is 34.5 Å². The molecule has 0 amide bonds. The molecule has 0 heterocycles. The molecule has 21 heavy (non-hydrogen) atoms. The summed E-state index contributed by atoms with van der Waals surface area (Å²) < 4.78 is 0. The Balaban J connectivity index is 1.68. The minimum Gasteiger partial charge on any atom is -0.389 e. The Bertz CT molecular complexity index is 496. The van der Waals surface area contributed by atoms with E-state index in [-0.39, 0.29) is 23.0 Å². The van der Waals surface area contributed by atoms with Crippen molar-refractivity contribution in [2.45, 2.75) is 58.2 Å². The fourth-order valence-electron chi connectivity index (χ4n) is 6.22. The molecule has 0 aromatic heterocycles. The highest BCUT2D eigenvalue weighted by molar-refractivity contribution is 5.22. The number of hydrogen-bond donors (Lipinski definition) is 2. The smallest absolute Gasteiger partial charge is 0.0780 e. The molecule has 0 bridgehead atoms. The number of fused-ring (bicyclic) bond motifs is 5. The fraction of sp³-hybridized carbons (Fsp3) is 0.789. The van der Waals surface area contributed by atoms with E-state index in [9.17, 15) is 10.2 Å². The van der Waals surface area contributed by atoms with Gasteiger partial charge in [0.15, 0.2) is 0 Å². The van der Waals surface area contributed by atoms with Crippen molar-refractivity contribution in [3.63, 3.8) is 0 Å². The summed E-state index contributed by atoms with van der Waals surface area (Å²) in [6.07, 6.45) is 14.0. The average Bonchev–Trinajstić information content (AvgIpc) is 2.76. The molecule has 4 aliphatic rings. The zero-order valence-electron chi connectivity index (χ0n) is 13.2. The minimum absolute atomic E-state index is 0.0717. The second-order valence-corrected chi connectivity index (χ2v) is 8.47. The lowest BCUT2D eigenvalue weighted by Gasteiger charge is -2.58. The molecule has 0 aromatic rings. The van der Waals surface area contributed by atoms with Gasteiger partial charge in [0.1, 0.15) is 0 Å². The SMILES string of the molecule is C[C@]12CC[C@H]3[C@@H](CCC4C[C@@H](O)C=C[C@@]43C)[C@@H]1C=C[C@@H]2O. The van der Waals surface area contributed by atoms with E-state index < -0.39 is 0 Å². The molecule has 0 spiro atoms. The predicted molar refractivity (Wildman–Crippen MR) is 83.6 cm³/mol. The van der Waals surface area contributed by atoms with Crippen LogP contribution in [0.5, 0.6) is 0 Å². The van der Waals surface area contributed by atoms with E-state index in [4.69, 9.17) is 0 Å². The lowest BCUT2D eigenvalue weighted by Crippen LogP contribution is -2.53. The van der Waals surface area contributed by atoms with Gasteiger partial charge in [-0.15, -0.1) is 0 Å². The highest BCUT2D eigenvalue weighted by atomic mass is 16.3. The third-order valence-corrected chi connectivity index (χ3v) is 7.64. The molecule has 1 unspecified atom stereocenters. The van der Waals surface area contributed by atoms with Crippen molar-refractivity contribution in [1.29, 1.82) is 0 Å². The highest BCUT2D eigenvalue weighted by Gasteiger charge is 2.57. The van der Waals surface area contributed by atoms with Crippen LogP contribution in [0.4, 0.5) is 0 Å². The Morgan fingerprint density at radius 3 is 2.62 bits per heavy atom.